The van der Waals surface area contributed by atoms with Crippen molar-refractivity contribution in [2.24, 2.45) is 11.8 Å². The molecule has 3 atom stereocenters. The third-order valence-corrected chi connectivity index (χ3v) is 5.42. The zero-order valence-electron chi connectivity index (χ0n) is 14.2. The summed E-state index contributed by atoms with van der Waals surface area (Å²) in [4.78, 5) is 14.5. The van der Waals surface area contributed by atoms with Crippen LogP contribution in [0.1, 0.15) is 22.6 Å². The number of halogens is 2. The maximum absolute atomic E-state index is 14.3. The fraction of sp³-hybridized carbons (Fsp3) is 0.350. The topological polar surface area (TPSA) is 32.3 Å². The van der Waals surface area contributed by atoms with Crippen LogP contribution >= 0.6 is 11.6 Å². The Bertz CT molecular complexity index is 852. The van der Waals surface area contributed by atoms with E-state index < -0.39 is 0 Å². The van der Waals surface area contributed by atoms with E-state index >= 15 is 0 Å². The van der Waals surface area contributed by atoms with Crippen molar-refractivity contribution in [1.82, 2.24) is 4.90 Å². The van der Waals surface area contributed by atoms with Crippen LogP contribution in [-0.2, 0) is 17.8 Å². The number of anilines is 1. The van der Waals surface area contributed by atoms with Crippen LogP contribution in [0.15, 0.2) is 36.4 Å². The molecule has 2 aliphatic rings. The van der Waals surface area contributed by atoms with Crippen molar-refractivity contribution in [3.05, 3.63) is 63.9 Å². The van der Waals surface area contributed by atoms with E-state index in [2.05, 4.69) is 5.32 Å². The zero-order valence-corrected chi connectivity index (χ0v) is 15.0. The van der Waals surface area contributed by atoms with E-state index in [-0.39, 0.29) is 29.2 Å². The van der Waals surface area contributed by atoms with Gasteiger partial charge >= 0.3 is 0 Å². The molecule has 0 aromatic heterocycles. The standard InChI is InChI=1S/C20H20ClFN2O/c1-24(2)10-11-3-6-17(16(22)7-11)23-20(25)19-15-9-12-8-13(21)4-5-14(12)18(15)19/h3-8,15,18-19H,9-10H2,1-2H3,(H,23,25). The molecule has 5 heteroatoms. The van der Waals surface area contributed by atoms with Crippen LogP contribution in [0, 0.1) is 17.7 Å². The molecule has 0 spiro atoms. The van der Waals surface area contributed by atoms with Crippen molar-refractivity contribution in [2.75, 3.05) is 19.4 Å². The molecule has 0 aliphatic heterocycles. The highest BCUT2D eigenvalue weighted by Crippen LogP contribution is 2.61. The summed E-state index contributed by atoms with van der Waals surface area (Å²) in [5, 5.41) is 3.51. The molecule has 3 nitrogen and oxygen atoms in total. The second-order valence-electron chi connectivity index (χ2n) is 7.30. The van der Waals surface area contributed by atoms with E-state index in [1.54, 1.807) is 6.07 Å². The summed E-state index contributed by atoms with van der Waals surface area (Å²) < 4.78 is 14.3. The van der Waals surface area contributed by atoms with Gasteiger partial charge in [-0.1, -0.05) is 23.7 Å². The van der Waals surface area contributed by atoms with Crippen molar-refractivity contribution in [3.63, 3.8) is 0 Å². The highest BCUT2D eigenvalue weighted by atomic mass is 35.5. The summed E-state index contributed by atoms with van der Waals surface area (Å²) in [5.74, 6) is 0.0444. The number of carbonyl (C=O) groups is 1. The third kappa shape index (κ3) is 3.05. The van der Waals surface area contributed by atoms with Crippen molar-refractivity contribution in [2.45, 2.75) is 18.9 Å². The van der Waals surface area contributed by atoms with E-state index in [1.807, 2.05) is 43.3 Å². The molecule has 0 bridgehead atoms. The molecule has 4 rings (SSSR count). The Kier molecular flexibility index (Phi) is 4.05. The summed E-state index contributed by atoms with van der Waals surface area (Å²) in [5.41, 5.74) is 3.60. The van der Waals surface area contributed by atoms with E-state index in [4.69, 9.17) is 11.6 Å². The molecule has 0 radical (unpaired) electrons. The third-order valence-electron chi connectivity index (χ3n) is 5.18. The van der Waals surface area contributed by atoms with Crippen molar-refractivity contribution in [3.8, 4) is 0 Å². The number of hydrogen-bond donors (Lipinski definition) is 1. The van der Waals surface area contributed by atoms with Gasteiger partial charge in [-0.3, -0.25) is 4.79 Å². The molecule has 0 saturated heterocycles. The fourth-order valence-corrected chi connectivity index (χ4v) is 4.27. The Morgan fingerprint density at radius 2 is 2.08 bits per heavy atom. The van der Waals surface area contributed by atoms with E-state index in [9.17, 15) is 9.18 Å². The van der Waals surface area contributed by atoms with Gasteiger partial charge in [0, 0.05) is 17.5 Å². The first-order valence-electron chi connectivity index (χ1n) is 8.46. The van der Waals surface area contributed by atoms with Gasteiger partial charge < -0.3 is 10.2 Å². The monoisotopic (exact) mass is 358 g/mol. The summed E-state index contributed by atoms with van der Waals surface area (Å²) >= 11 is 6.03. The van der Waals surface area contributed by atoms with Crippen LogP contribution in [0.25, 0.3) is 0 Å². The summed E-state index contributed by atoms with van der Waals surface area (Å²) in [6.45, 7) is 0.664. The predicted molar refractivity (Wildman–Crippen MR) is 97.3 cm³/mol. The lowest BCUT2D eigenvalue weighted by molar-refractivity contribution is -0.117. The Labute approximate surface area is 151 Å². The lowest BCUT2D eigenvalue weighted by Gasteiger charge is -2.12. The Hall–Kier alpha value is -1.91. The molecule has 1 N–H and O–H groups in total. The minimum atomic E-state index is -0.384. The fourth-order valence-electron chi connectivity index (χ4n) is 4.08. The van der Waals surface area contributed by atoms with Gasteiger partial charge in [0.05, 0.1) is 5.69 Å². The molecule has 2 aromatic carbocycles. The highest BCUT2D eigenvalue weighted by molar-refractivity contribution is 6.30. The van der Waals surface area contributed by atoms with Gasteiger partial charge in [0.2, 0.25) is 5.91 Å². The van der Waals surface area contributed by atoms with Gasteiger partial charge in [0.25, 0.3) is 0 Å². The Morgan fingerprint density at radius 1 is 1.28 bits per heavy atom. The van der Waals surface area contributed by atoms with Gasteiger partial charge in [0.15, 0.2) is 0 Å². The number of benzene rings is 2. The highest BCUT2D eigenvalue weighted by Gasteiger charge is 2.59. The van der Waals surface area contributed by atoms with Crippen LogP contribution in [-0.4, -0.2) is 24.9 Å². The lowest BCUT2D eigenvalue weighted by Crippen LogP contribution is -2.18. The number of amides is 1. The lowest BCUT2D eigenvalue weighted by atomic mass is 10.0. The molecule has 3 unspecified atom stereocenters. The molecule has 2 aliphatic carbocycles. The molecule has 25 heavy (non-hydrogen) atoms. The van der Waals surface area contributed by atoms with Gasteiger partial charge in [0.1, 0.15) is 5.82 Å². The van der Waals surface area contributed by atoms with Crippen molar-refractivity contribution >= 4 is 23.2 Å². The number of nitrogens with one attached hydrogen (secondary N) is 1. The van der Waals surface area contributed by atoms with Gasteiger partial charge in [-0.2, -0.15) is 0 Å². The number of hydrogen-bond acceptors (Lipinski definition) is 2. The maximum Gasteiger partial charge on any atom is 0.228 e. The molecular formula is C20H20ClFN2O. The smallest absolute Gasteiger partial charge is 0.228 e. The first kappa shape index (κ1) is 16.6. The Balaban J connectivity index is 1.45. The van der Waals surface area contributed by atoms with Crippen LogP contribution in [0.5, 0.6) is 0 Å². The van der Waals surface area contributed by atoms with Gasteiger partial charge in [-0.15, -0.1) is 0 Å². The first-order chi connectivity index (χ1) is 11.9. The SMILES string of the molecule is CN(C)Cc1ccc(NC(=O)C2C3Cc4cc(Cl)ccc4C32)c(F)c1. The second-order valence-corrected chi connectivity index (χ2v) is 7.74. The van der Waals surface area contributed by atoms with Gasteiger partial charge in [-0.25, -0.2) is 4.39 Å². The molecule has 0 heterocycles. The van der Waals surface area contributed by atoms with Crippen molar-refractivity contribution < 1.29 is 9.18 Å². The van der Waals surface area contributed by atoms with Crippen LogP contribution in [0.3, 0.4) is 0 Å². The van der Waals surface area contributed by atoms with Crippen LogP contribution in [0.4, 0.5) is 10.1 Å². The molecule has 1 amide bonds. The first-order valence-corrected chi connectivity index (χ1v) is 8.84. The largest absolute Gasteiger partial charge is 0.323 e. The zero-order chi connectivity index (χ0) is 17.7. The maximum atomic E-state index is 14.3. The molecule has 130 valence electrons. The number of carbonyl (C=O) groups excluding carboxylic acids is 1. The van der Waals surface area contributed by atoms with Crippen LogP contribution in [0.2, 0.25) is 5.02 Å². The molecule has 1 saturated carbocycles. The molecular weight excluding hydrogens is 339 g/mol. The minimum absolute atomic E-state index is 0.0606. The number of nitrogens with zero attached hydrogens (tertiary/aromatic N) is 1. The average Bonchev–Trinajstić information content (AvgIpc) is 3.12. The van der Waals surface area contributed by atoms with Crippen LogP contribution < -0.4 is 5.32 Å². The van der Waals surface area contributed by atoms with E-state index in [0.717, 1.165) is 17.0 Å². The molecule has 2 aromatic rings. The predicted octanol–water partition coefficient (Wildman–Crippen LogP) is 4.07. The Morgan fingerprint density at radius 3 is 2.80 bits per heavy atom. The normalized spacial score (nSPS) is 23.3. The van der Waals surface area contributed by atoms with Crippen molar-refractivity contribution in [1.29, 1.82) is 0 Å². The second kappa shape index (κ2) is 6.11. The summed E-state index contributed by atoms with van der Waals surface area (Å²) in [6, 6.07) is 10.9. The van der Waals surface area contributed by atoms with E-state index in [0.29, 0.717) is 12.5 Å². The van der Waals surface area contributed by atoms with E-state index in [1.165, 1.54) is 17.2 Å². The van der Waals surface area contributed by atoms with Gasteiger partial charge in [-0.05, 0) is 73.3 Å². The number of fused-ring (bicyclic) bond motifs is 3. The number of rotatable bonds is 4. The average molecular weight is 359 g/mol. The summed E-state index contributed by atoms with van der Waals surface area (Å²) in [6.07, 6.45) is 0.878. The molecule has 1 fully saturated rings. The summed E-state index contributed by atoms with van der Waals surface area (Å²) in [7, 11) is 3.87. The quantitative estimate of drug-likeness (QED) is 0.893. The minimum Gasteiger partial charge on any atom is -0.323 e.